The summed E-state index contributed by atoms with van der Waals surface area (Å²) in [4.78, 5) is 14.6. The molecule has 3 nitrogen and oxygen atoms in total. The molecule has 0 atom stereocenters. The Kier molecular flexibility index (Phi) is 3.92. The number of unbranched alkanes of at least 4 members (excludes halogenated alkanes) is 1. The van der Waals surface area contributed by atoms with Gasteiger partial charge in [-0.3, -0.25) is 4.57 Å². The zero-order valence-corrected chi connectivity index (χ0v) is 11.3. The molecule has 0 spiro atoms. The first-order valence-electron chi connectivity index (χ1n) is 6.09. The normalized spacial score (nSPS) is 11.0. The summed E-state index contributed by atoms with van der Waals surface area (Å²) in [7, 11) is 0. The van der Waals surface area contributed by atoms with Crippen LogP contribution in [-0.4, -0.2) is 15.4 Å². The van der Waals surface area contributed by atoms with Gasteiger partial charge in [0, 0.05) is 11.6 Å². The van der Waals surface area contributed by atoms with E-state index in [0.717, 1.165) is 36.0 Å². The van der Waals surface area contributed by atoms with Gasteiger partial charge in [-0.05, 0) is 43.9 Å². The van der Waals surface area contributed by atoms with Gasteiger partial charge in [0.15, 0.2) is 0 Å². The molecule has 1 aromatic heterocycles. The van der Waals surface area contributed by atoms with Gasteiger partial charge in [0.25, 0.3) is 0 Å². The van der Waals surface area contributed by atoms with Crippen molar-refractivity contribution in [2.75, 3.05) is 5.88 Å². The molecule has 1 N–H and O–H groups in total. The van der Waals surface area contributed by atoms with E-state index in [-0.39, 0.29) is 5.69 Å². The predicted octanol–water partition coefficient (Wildman–Crippen LogP) is 3.38. The van der Waals surface area contributed by atoms with Crippen LogP contribution < -0.4 is 5.69 Å². The Morgan fingerprint density at radius 3 is 2.89 bits per heavy atom. The molecular weight excluding hydrogens is 248 g/mol. The summed E-state index contributed by atoms with van der Waals surface area (Å²) >= 11 is 5.66. The maximum absolute atomic E-state index is 11.8. The lowest BCUT2D eigenvalue weighted by atomic mass is 10.1. The van der Waals surface area contributed by atoms with Crippen LogP contribution >= 0.6 is 11.6 Å². The van der Waals surface area contributed by atoms with Crippen LogP contribution in [0.5, 0.6) is 0 Å². The fourth-order valence-electron chi connectivity index (χ4n) is 2.12. The number of hydrogen-bond acceptors (Lipinski definition) is 1. The molecule has 96 valence electrons. The second-order valence-corrected chi connectivity index (χ2v) is 4.88. The highest BCUT2D eigenvalue weighted by molar-refractivity contribution is 6.17. The molecule has 0 saturated heterocycles. The van der Waals surface area contributed by atoms with Crippen LogP contribution in [0.4, 0.5) is 0 Å². The second-order valence-electron chi connectivity index (χ2n) is 4.50. The Morgan fingerprint density at radius 2 is 2.22 bits per heavy atom. The van der Waals surface area contributed by atoms with E-state index in [2.05, 4.69) is 17.6 Å². The summed E-state index contributed by atoms with van der Waals surface area (Å²) in [5.74, 6) is 0.700. The van der Waals surface area contributed by atoms with Gasteiger partial charge >= 0.3 is 5.69 Å². The molecule has 0 unspecified atom stereocenters. The summed E-state index contributed by atoms with van der Waals surface area (Å²) < 4.78 is 1.60. The number of imidazole rings is 1. The molecule has 18 heavy (non-hydrogen) atoms. The van der Waals surface area contributed by atoms with Crippen molar-refractivity contribution in [1.82, 2.24) is 9.55 Å². The zero-order valence-electron chi connectivity index (χ0n) is 10.5. The van der Waals surface area contributed by atoms with E-state index >= 15 is 0 Å². The highest BCUT2D eigenvalue weighted by Crippen LogP contribution is 2.16. The number of alkyl halides is 1. The molecule has 0 aliphatic heterocycles. The average Bonchev–Trinajstić information content (AvgIpc) is 2.64. The number of H-pyrrole nitrogens is 1. The molecular formula is C14H17ClN2O. The fraction of sp³-hybridized carbons (Fsp3) is 0.357. The highest BCUT2D eigenvalue weighted by atomic mass is 35.5. The Morgan fingerprint density at radius 1 is 1.44 bits per heavy atom. The molecule has 0 aliphatic rings. The minimum absolute atomic E-state index is 0.129. The number of nitrogens with one attached hydrogen (secondary N) is 1. The van der Waals surface area contributed by atoms with Crippen molar-refractivity contribution in [1.29, 1.82) is 0 Å². The monoisotopic (exact) mass is 264 g/mol. The van der Waals surface area contributed by atoms with Crippen LogP contribution in [0, 0.1) is 0 Å². The smallest absolute Gasteiger partial charge is 0.305 e. The van der Waals surface area contributed by atoms with Crippen LogP contribution in [0.25, 0.3) is 16.7 Å². The number of fused-ring (bicyclic) bond motifs is 1. The van der Waals surface area contributed by atoms with E-state index in [0.29, 0.717) is 5.88 Å². The molecule has 2 rings (SSSR count). The molecule has 4 heteroatoms. The van der Waals surface area contributed by atoms with E-state index < -0.39 is 0 Å². The van der Waals surface area contributed by atoms with E-state index in [9.17, 15) is 4.79 Å². The second kappa shape index (κ2) is 5.44. The van der Waals surface area contributed by atoms with Crippen molar-refractivity contribution in [3.63, 3.8) is 0 Å². The van der Waals surface area contributed by atoms with E-state index in [1.165, 1.54) is 5.56 Å². The SMILES string of the molecule is C=C(C)n1c(=O)[nH]c2cc(CCCCCl)ccc21. The predicted molar refractivity (Wildman–Crippen MR) is 77.2 cm³/mol. The number of aryl methyl sites for hydroxylation is 1. The highest BCUT2D eigenvalue weighted by Gasteiger charge is 2.07. The lowest BCUT2D eigenvalue weighted by Gasteiger charge is -2.03. The van der Waals surface area contributed by atoms with Crippen LogP contribution in [-0.2, 0) is 6.42 Å². The van der Waals surface area contributed by atoms with Crippen LogP contribution in [0.2, 0.25) is 0 Å². The van der Waals surface area contributed by atoms with Crippen LogP contribution in [0.3, 0.4) is 0 Å². The lowest BCUT2D eigenvalue weighted by molar-refractivity contribution is 0.800. The summed E-state index contributed by atoms with van der Waals surface area (Å²) in [6, 6.07) is 6.06. The standard InChI is InChI=1S/C14H17ClN2O/c1-10(2)17-13-7-6-11(5-3-4-8-15)9-12(13)16-14(17)18/h6-7,9H,1,3-5,8H2,2H3,(H,16,18). The summed E-state index contributed by atoms with van der Waals surface area (Å²) in [6.45, 7) is 5.64. The molecule has 1 heterocycles. The molecule has 0 fully saturated rings. The molecule has 0 radical (unpaired) electrons. The maximum atomic E-state index is 11.8. The van der Waals surface area contributed by atoms with Gasteiger partial charge in [-0.2, -0.15) is 0 Å². The van der Waals surface area contributed by atoms with Gasteiger partial charge in [0.05, 0.1) is 11.0 Å². The van der Waals surface area contributed by atoms with Gasteiger partial charge < -0.3 is 4.98 Å². The number of benzene rings is 1. The van der Waals surface area contributed by atoms with Crippen LogP contribution in [0.1, 0.15) is 25.3 Å². The van der Waals surface area contributed by atoms with E-state index in [1.54, 1.807) is 4.57 Å². The summed E-state index contributed by atoms with van der Waals surface area (Å²) in [5.41, 5.74) is 3.57. The molecule has 0 bridgehead atoms. The van der Waals surface area contributed by atoms with Gasteiger partial charge in [-0.1, -0.05) is 12.6 Å². The third kappa shape index (κ3) is 2.51. The fourth-order valence-corrected chi connectivity index (χ4v) is 2.31. The molecule has 0 aliphatic carbocycles. The first-order valence-corrected chi connectivity index (χ1v) is 6.62. The maximum Gasteiger partial charge on any atom is 0.330 e. The first kappa shape index (κ1) is 13.0. The van der Waals surface area contributed by atoms with Gasteiger partial charge in [-0.15, -0.1) is 11.6 Å². The van der Waals surface area contributed by atoms with Gasteiger partial charge in [-0.25, -0.2) is 4.79 Å². The van der Waals surface area contributed by atoms with Crippen molar-refractivity contribution in [3.8, 4) is 0 Å². The van der Waals surface area contributed by atoms with Gasteiger partial charge in [0.2, 0.25) is 0 Å². The molecule has 2 aromatic rings. The lowest BCUT2D eigenvalue weighted by Crippen LogP contribution is -2.13. The summed E-state index contributed by atoms with van der Waals surface area (Å²) in [6.07, 6.45) is 3.08. The topological polar surface area (TPSA) is 37.8 Å². The average molecular weight is 265 g/mol. The van der Waals surface area contributed by atoms with Crippen molar-refractivity contribution >= 4 is 28.3 Å². The Hall–Kier alpha value is -1.48. The van der Waals surface area contributed by atoms with Crippen molar-refractivity contribution in [3.05, 3.63) is 40.8 Å². The number of aromatic amines is 1. The molecule has 0 saturated carbocycles. The third-order valence-electron chi connectivity index (χ3n) is 2.98. The number of allylic oxidation sites excluding steroid dienone is 1. The minimum Gasteiger partial charge on any atom is -0.305 e. The Balaban J connectivity index is 2.36. The van der Waals surface area contributed by atoms with Crippen molar-refractivity contribution in [2.24, 2.45) is 0 Å². The Bertz CT molecular complexity index is 624. The largest absolute Gasteiger partial charge is 0.330 e. The third-order valence-corrected chi connectivity index (χ3v) is 3.24. The quantitative estimate of drug-likeness (QED) is 0.652. The molecule has 1 aromatic carbocycles. The Labute approximate surface area is 111 Å². The van der Waals surface area contributed by atoms with E-state index in [4.69, 9.17) is 11.6 Å². The number of nitrogens with zero attached hydrogens (tertiary/aromatic N) is 1. The number of hydrogen-bond donors (Lipinski definition) is 1. The number of aromatic nitrogens is 2. The van der Waals surface area contributed by atoms with Crippen LogP contribution in [0.15, 0.2) is 29.6 Å². The van der Waals surface area contributed by atoms with Crippen molar-refractivity contribution < 1.29 is 0 Å². The summed E-state index contributed by atoms with van der Waals surface area (Å²) in [5, 5.41) is 0. The minimum atomic E-state index is -0.129. The zero-order chi connectivity index (χ0) is 13.1. The number of halogens is 1. The van der Waals surface area contributed by atoms with Crippen molar-refractivity contribution in [2.45, 2.75) is 26.2 Å². The number of rotatable bonds is 5. The van der Waals surface area contributed by atoms with E-state index in [1.807, 2.05) is 19.1 Å². The first-order chi connectivity index (χ1) is 8.63. The van der Waals surface area contributed by atoms with Gasteiger partial charge in [0.1, 0.15) is 0 Å². The molecule has 0 amide bonds.